The quantitative estimate of drug-likeness (QED) is 0.831. The second-order valence-electron chi connectivity index (χ2n) is 6.86. The highest BCUT2D eigenvalue weighted by atomic mass is 16.2. The predicted octanol–water partition coefficient (Wildman–Crippen LogP) is 1.46. The first-order chi connectivity index (χ1) is 9.75. The zero-order valence-corrected chi connectivity index (χ0v) is 12.8. The normalized spacial score (nSPS) is 35.6. The van der Waals surface area contributed by atoms with Crippen molar-refractivity contribution in [1.29, 1.82) is 0 Å². The Morgan fingerprint density at radius 3 is 2.80 bits per heavy atom. The van der Waals surface area contributed by atoms with Crippen LogP contribution in [-0.4, -0.2) is 60.5 Å². The van der Waals surface area contributed by atoms with Gasteiger partial charge in [0.2, 0.25) is 5.91 Å². The van der Waals surface area contributed by atoms with Crippen molar-refractivity contribution >= 4 is 5.91 Å². The summed E-state index contributed by atoms with van der Waals surface area (Å²) >= 11 is 0. The first kappa shape index (κ1) is 14.3. The van der Waals surface area contributed by atoms with Gasteiger partial charge in [0, 0.05) is 38.3 Å². The molecule has 3 atom stereocenters. The van der Waals surface area contributed by atoms with Crippen molar-refractivity contribution in [2.24, 2.45) is 5.92 Å². The first-order valence-corrected chi connectivity index (χ1v) is 8.50. The Bertz CT molecular complexity index is 345. The fourth-order valence-electron chi connectivity index (χ4n) is 4.32. The molecule has 3 unspecified atom stereocenters. The van der Waals surface area contributed by atoms with E-state index >= 15 is 0 Å². The number of rotatable bonds is 2. The van der Waals surface area contributed by atoms with Gasteiger partial charge in [-0.2, -0.15) is 0 Å². The van der Waals surface area contributed by atoms with Gasteiger partial charge in [-0.1, -0.05) is 12.8 Å². The van der Waals surface area contributed by atoms with Crippen molar-refractivity contribution in [2.45, 2.75) is 57.5 Å². The molecule has 20 heavy (non-hydrogen) atoms. The minimum absolute atomic E-state index is 0.385. The van der Waals surface area contributed by atoms with E-state index in [0.29, 0.717) is 24.5 Å². The molecule has 2 aliphatic heterocycles. The summed E-state index contributed by atoms with van der Waals surface area (Å²) in [6.45, 7) is 6.89. The fraction of sp³-hybridized carbons (Fsp3) is 0.938. The van der Waals surface area contributed by atoms with Crippen LogP contribution in [0.3, 0.4) is 0 Å². The molecule has 1 saturated carbocycles. The molecule has 0 bridgehead atoms. The van der Waals surface area contributed by atoms with Crippen LogP contribution in [0.25, 0.3) is 0 Å². The van der Waals surface area contributed by atoms with Crippen LogP contribution < -0.4 is 5.32 Å². The number of likely N-dealkylation sites (tertiary alicyclic amines) is 1. The van der Waals surface area contributed by atoms with Gasteiger partial charge in [-0.05, 0) is 38.5 Å². The van der Waals surface area contributed by atoms with Crippen molar-refractivity contribution in [3.05, 3.63) is 0 Å². The molecule has 0 radical (unpaired) electrons. The standard InChI is InChI=1S/C16H29N3O/c1-13-11-17-8-10-18(13)12-16(20)19-9-4-6-14-5-2-3-7-15(14)19/h13-15,17H,2-12H2,1H3. The number of nitrogens with zero attached hydrogens (tertiary/aromatic N) is 2. The lowest BCUT2D eigenvalue weighted by Crippen LogP contribution is -2.56. The average molecular weight is 279 g/mol. The summed E-state index contributed by atoms with van der Waals surface area (Å²) in [5, 5.41) is 3.40. The van der Waals surface area contributed by atoms with E-state index in [1.807, 2.05) is 0 Å². The average Bonchev–Trinajstić information content (AvgIpc) is 2.49. The van der Waals surface area contributed by atoms with E-state index in [9.17, 15) is 4.79 Å². The Balaban J connectivity index is 1.60. The lowest BCUT2D eigenvalue weighted by Gasteiger charge is -2.45. The largest absolute Gasteiger partial charge is 0.338 e. The molecule has 0 aromatic carbocycles. The zero-order valence-electron chi connectivity index (χ0n) is 12.8. The van der Waals surface area contributed by atoms with Crippen molar-refractivity contribution in [1.82, 2.24) is 15.1 Å². The molecule has 114 valence electrons. The number of hydrogen-bond acceptors (Lipinski definition) is 3. The van der Waals surface area contributed by atoms with Gasteiger partial charge in [0.1, 0.15) is 0 Å². The number of nitrogens with one attached hydrogen (secondary N) is 1. The maximum Gasteiger partial charge on any atom is 0.237 e. The third kappa shape index (κ3) is 3.01. The molecule has 0 aromatic heterocycles. The molecule has 4 heteroatoms. The van der Waals surface area contributed by atoms with Gasteiger partial charge in [0.15, 0.2) is 0 Å². The lowest BCUT2D eigenvalue weighted by atomic mass is 9.78. The number of hydrogen-bond donors (Lipinski definition) is 1. The van der Waals surface area contributed by atoms with Crippen LogP contribution in [0.1, 0.15) is 45.4 Å². The Kier molecular flexibility index (Phi) is 4.61. The molecule has 1 N–H and O–H groups in total. The molecular weight excluding hydrogens is 250 g/mol. The van der Waals surface area contributed by atoms with Crippen molar-refractivity contribution in [2.75, 3.05) is 32.7 Å². The predicted molar refractivity (Wildman–Crippen MR) is 80.6 cm³/mol. The van der Waals surface area contributed by atoms with Crippen LogP contribution in [-0.2, 0) is 4.79 Å². The third-order valence-corrected chi connectivity index (χ3v) is 5.54. The van der Waals surface area contributed by atoms with Crippen LogP contribution in [0.15, 0.2) is 0 Å². The van der Waals surface area contributed by atoms with Gasteiger partial charge in [-0.25, -0.2) is 0 Å². The molecule has 1 amide bonds. The zero-order chi connectivity index (χ0) is 13.9. The number of piperazine rings is 1. The molecule has 2 saturated heterocycles. The van der Waals surface area contributed by atoms with E-state index < -0.39 is 0 Å². The lowest BCUT2D eigenvalue weighted by molar-refractivity contribution is -0.139. The maximum absolute atomic E-state index is 12.7. The molecule has 2 heterocycles. The number of carbonyl (C=O) groups is 1. The van der Waals surface area contributed by atoms with E-state index in [1.54, 1.807) is 0 Å². The molecule has 0 aromatic rings. The Morgan fingerprint density at radius 2 is 1.95 bits per heavy atom. The smallest absolute Gasteiger partial charge is 0.237 e. The molecular formula is C16H29N3O. The van der Waals surface area contributed by atoms with Crippen LogP contribution in [0.5, 0.6) is 0 Å². The van der Waals surface area contributed by atoms with Crippen LogP contribution >= 0.6 is 0 Å². The van der Waals surface area contributed by atoms with Crippen molar-refractivity contribution in [3.8, 4) is 0 Å². The number of amides is 1. The van der Waals surface area contributed by atoms with Gasteiger partial charge in [-0.15, -0.1) is 0 Å². The number of carbonyl (C=O) groups excluding carboxylic acids is 1. The summed E-state index contributed by atoms with van der Waals surface area (Å²) in [5.74, 6) is 1.18. The van der Waals surface area contributed by atoms with E-state index in [0.717, 1.165) is 32.1 Å². The van der Waals surface area contributed by atoms with E-state index in [-0.39, 0.29) is 0 Å². The molecule has 0 spiro atoms. The van der Waals surface area contributed by atoms with Crippen molar-refractivity contribution < 1.29 is 4.79 Å². The maximum atomic E-state index is 12.7. The highest BCUT2D eigenvalue weighted by Crippen LogP contribution is 2.35. The van der Waals surface area contributed by atoms with Crippen LogP contribution in [0.2, 0.25) is 0 Å². The minimum Gasteiger partial charge on any atom is -0.338 e. The van der Waals surface area contributed by atoms with Gasteiger partial charge in [0.05, 0.1) is 6.54 Å². The van der Waals surface area contributed by atoms with Crippen molar-refractivity contribution in [3.63, 3.8) is 0 Å². The van der Waals surface area contributed by atoms with E-state index in [2.05, 4.69) is 22.0 Å². The summed E-state index contributed by atoms with van der Waals surface area (Å²) in [5.41, 5.74) is 0. The Labute approximate surface area is 122 Å². The molecule has 4 nitrogen and oxygen atoms in total. The summed E-state index contributed by atoms with van der Waals surface area (Å²) in [6.07, 6.45) is 7.83. The Hall–Kier alpha value is -0.610. The van der Waals surface area contributed by atoms with Gasteiger partial charge in [0.25, 0.3) is 0 Å². The second-order valence-corrected chi connectivity index (χ2v) is 6.86. The summed E-state index contributed by atoms with van der Waals surface area (Å²) in [6, 6.07) is 1.04. The molecule has 3 aliphatic rings. The van der Waals surface area contributed by atoms with Crippen LogP contribution in [0, 0.1) is 5.92 Å². The SMILES string of the molecule is CC1CNCCN1CC(=O)N1CCCC2CCCCC21. The summed E-state index contributed by atoms with van der Waals surface area (Å²) in [7, 11) is 0. The molecule has 3 rings (SSSR count). The van der Waals surface area contributed by atoms with Gasteiger partial charge < -0.3 is 10.2 Å². The third-order valence-electron chi connectivity index (χ3n) is 5.54. The van der Waals surface area contributed by atoms with Gasteiger partial charge in [-0.3, -0.25) is 9.69 Å². The number of fused-ring (bicyclic) bond motifs is 1. The van der Waals surface area contributed by atoms with Gasteiger partial charge >= 0.3 is 0 Å². The second kappa shape index (κ2) is 6.44. The highest BCUT2D eigenvalue weighted by Gasteiger charge is 2.36. The minimum atomic E-state index is 0.385. The van der Waals surface area contributed by atoms with Crippen LogP contribution in [0.4, 0.5) is 0 Å². The van der Waals surface area contributed by atoms with E-state index in [4.69, 9.17) is 0 Å². The summed E-state index contributed by atoms with van der Waals surface area (Å²) in [4.78, 5) is 17.3. The molecule has 1 aliphatic carbocycles. The topological polar surface area (TPSA) is 35.6 Å². The monoisotopic (exact) mass is 279 g/mol. The highest BCUT2D eigenvalue weighted by molar-refractivity contribution is 5.78. The summed E-state index contributed by atoms with van der Waals surface area (Å²) < 4.78 is 0. The van der Waals surface area contributed by atoms with E-state index in [1.165, 1.54) is 38.5 Å². The molecule has 3 fully saturated rings. The fourth-order valence-corrected chi connectivity index (χ4v) is 4.32. The first-order valence-electron chi connectivity index (χ1n) is 8.50. The number of piperidine rings is 1. The Morgan fingerprint density at radius 1 is 1.15 bits per heavy atom.